The van der Waals surface area contributed by atoms with Gasteiger partial charge in [0, 0.05) is 17.5 Å². The Morgan fingerprint density at radius 2 is 1.52 bits per heavy atom. The summed E-state index contributed by atoms with van der Waals surface area (Å²) in [4.78, 5) is 23.0. The fourth-order valence-electron chi connectivity index (χ4n) is 3.14. The number of hydrogen-bond acceptors (Lipinski definition) is 6. The van der Waals surface area contributed by atoms with Crippen LogP contribution in [0, 0.1) is 19.3 Å². The van der Waals surface area contributed by atoms with Gasteiger partial charge in [0.05, 0.1) is 18.8 Å². The van der Waals surface area contributed by atoms with Crippen LogP contribution in [0.3, 0.4) is 0 Å². The highest BCUT2D eigenvalue weighted by atomic mass is 16.5. The lowest BCUT2D eigenvalue weighted by Gasteiger charge is -2.18. The van der Waals surface area contributed by atoms with Crippen molar-refractivity contribution in [3.8, 4) is 23.0 Å². The molecule has 0 saturated carbocycles. The van der Waals surface area contributed by atoms with Crippen LogP contribution in [0.1, 0.15) is 61.5 Å². The molecule has 0 fully saturated rings. The van der Waals surface area contributed by atoms with Crippen molar-refractivity contribution >= 4 is 12.3 Å². The molecule has 1 N–H and O–H groups in total. The molecule has 0 atom stereocenters. The van der Waals surface area contributed by atoms with Crippen LogP contribution in [0.2, 0.25) is 0 Å². The Bertz CT molecular complexity index is 911. The highest BCUT2D eigenvalue weighted by Gasteiger charge is 2.21. The molecule has 0 heterocycles. The van der Waals surface area contributed by atoms with Gasteiger partial charge in [-0.1, -0.05) is 26.8 Å². The average Bonchev–Trinajstić information content (AvgIpc) is 2.69. The second kappa shape index (κ2) is 10.8. The van der Waals surface area contributed by atoms with Crippen molar-refractivity contribution in [1.29, 1.82) is 0 Å². The molecule has 2 aromatic carbocycles. The van der Waals surface area contributed by atoms with E-state index in [0.29, 0.717) is 54.5 Å². The maximum absolute atomic E-state index is 12.4. The first kappa shape index (κ1) is 24.3. The lowest BCUT2D eigenvalue weighted by molar-refractivity contribution is -0.120. The van der Waals surface area contributed by atoms with Crippen molar-refractivity contribution in [1.82, 2.24) is 0 Å². The van der Waals surface area contributed by atoms with Crippen molar-refractivity contribution in [2.24, 2.45) is 5.41 Å². The fraction of sp³-hybridized carbons (Fsp3) is 0.440. The molecule has 0 bridgehead atoms. The number of rotatable bonds is 11. The first-order chi connectivity index (χ1) is 14.6. The number of carbonyl (C=O) groups is 2. The lowest BCUT2D eigenvalue weighted by atomic mass is 9.87. The summed E-state index contributed by atoms with van der Waals surface area (Å²) in [5, 5.41) is 10.4. The van der Waals surface area contributed by atoms with Crippen LogP contribution in [0.25, 0.3) is 0 Å². The Kier molecular flexibility index (Phi) is 8.48. The largest absolute Gasteiger partial charge is 0.507 e. The van der Waals surface area contributed by atoms with Crippen LogP contribution in [-0.4, -0.2) is 30.6 Å². The van der Waals surface area contributed by atoms with Crippen LogP contribution >= 0.6 is 0 Å². The smallest absolute Gasteiger partial charge is 0.298 e. The van der Waals surface area contributed by atoms with E-state index in [4.69, 9.17) is 14.2 Å². The first-order valence-corrected chi connectivity index (χ1v) is 10.5. The number of unbranched alkanes of at least 4 members (excludes halogenated alkanes) is 1. The number of Topliss-reactive ketones (excluding diaryl/α,β-unsaturated/α-hetero) is 1. The van der Waals surface area contributed by atoms with Gasteiger partial charge in [-0.3, -0.25) is 9.59 Å². The predicted molar refractivity (Wildman–Crippen MR) is 119 cm³/mol. The molecular formula is C25H32O6. The molecular weight excluding hydrogens is 396 g/mol. The van der Waals surface area contributed by atoms with Gasteiger partial charge in [-0.15, -0.1) is 0 Å². The van der Waals surface area contributed by atoms with Gasteiger partial charge < -0.3 is 19.3 Å². The van der Waals surface area contributed by atoms with Crippen LogP contribution < -0.4 is 14.2 Å². The number of hydrogen-bond donors (Lipinski definition) is 1. The normalized spacial score (nSPS) is 11.1. The number of ketones is 1. The minimum atomic E-state index is -0.143. The van der Waals surface area contributed by atoms with Crippen LogP contribution in [0.4, 0.5) is 0 Å². The number of ether oxygens (including phenoxy) is 3. The third-order valence-electron chi connectivity index (χ3n) is 4.84. The van der Waals surface area contributed by atoms with Crippen LogP contribution in [0.5, 0.6) is 23.0 Å². The number of benzene rings is 2. The second-order valence-corrected chi connectivity index (χ2v) is 8.74. The molecule has 0 aliphatic rings. The summed E-state index contributed by atoms with van der Waals surface area (Å²) in [6, 6.07) is 8.69. The van der Waals surface area contributed by atoms with Gasteiger partial charge in [0.25, 0.3) is 6.47 Å². The molecule has 0 aliphatic heterocycles. The Morgan fingerprint density at radius 3 is 2.10 bits per heavy atom. The SMILES string of the molecule is Cc1c(OC=O)cccc1OCCCCOc1ccc(C(=O)CC(C)(C)C)c(O)c1C. The number of aromatic hydroxyl groups is 1. The summed E-state index contributed by atoms with van der Waals surface area (Å²) in [6.07, 6.45) is 1.89. The van der Waals surface area contributed by atoms with E-state index in [9.17, 15) is 14.7 Å². The fourth-order valence-corrected chi connectivity index (χ4v) is 3.14. The number of phenolic OH excluding ortho intramolecular Hbond substituents is 1. The minimum Gasteiger partial charge on any atom is -0.507 e. The monoisotopic (exact) mass is 428 g/mol. The van der Waals surface area contributed by atoms with Gasteiger partial charge in [0.15, 0.2) is 5.78 Å². The molecule has 6 nitrogen and oxygen atoms in total. The summed E-state index contributed by atoms with van der Waals surface area (Å²) in [7, 11) is 0. The Labute approximate surface area is 184 Å². The molecule has 0 unspecified atom stereocenters. The van der Waals surface area contributed by atoms with E-state index in [-0.39, 0.29) is 16.9 Å². The van der Waals surface area contributed by atoms with Gasteiger partial charge in [0.1, 0.15) is 23.0 Å². The van der Waals surface area contributed by atoms with E-state index in [2.05, 4.69) is 0 Å². The number of carbonyl (C=O) groups excluding carboxylic acids is 2. The third-order valence-corrected chi connectivity index (χ3v) is 4.84. The molecule has 168 valence electrons. The van der Waals surface area contributed by atoms with Gasteiger partial charge >= 0.3 is 0 Å². The highest BCUT2D eigenvalue weighted by molar-refractivity contribution is 5.99. The van der Waals surface area contributed by atoms with Crippen molar-refractivity contribution in [2.45, 2.75) is 53.9 Å². The quantitative estimate of drug-likeness (QED) is 0.293. The zero-order chi connectivity index (χ0) is 23.0. The molecule has 0 spiro atoms. The molecule has 6 heteroatoms. The molecule has 0 radical (unpaired) electrons. The topological polar surface area (TPSA) is 82.1 Å². The van der Waals surface area contributed by atoms with E-state index in [0.717, 1.165) is 18.4 Å². The summed E-state index contributed by atoms with van der Waals surface area (Å²) >= 11 is 0. The molecule has 0 aromatic heterocycles. The molecule has 2 rings (SSSR count). The van der Waals surface area contributed by atoms with Crippen molar-refractivity contribution in [3.63, 3.8) is 0 Å². The minimum absolute atomic E-state index is 0.0111. The second-order valence-electron chi connectivity index (χ2n) is 8.74. The van der Waals surface area contributed by atoms with Crippen molar-refractivity contribution in [2.75, 3.05) is 13.2 Å². The van der Waals surface area contributed by atoms with Crippen molar-refractivity contribution < 1.29 is 28.9 Å². The maximum Gasteiger partial charge on any atom is 0.298 e. The van der Waals surface area contributed by atoms with Crippen LogP contribution in [0.15, 0.2) is 30.3 Å². The first-order valence-electron chi connectivity index (χ1n) is 10.5. The van der Waals surface area contributed by atoms with E-state index in [1.165, 1.54) is 0 Å². The van der Waals surface area contributed by atoms with E-state index < -0.39 is 0 Å². The van der Waals surface area contributed by atoms with Crippen LogP contribution in [-0.2, 0) is 4.79 Å². The van der Waals surface area contributed by atoms with E-state index in [1.807, 2.05) is 33.8 Å². The Morgan fingerprint density at radius 1 is 0.935 bits per heavy atom. The maximum atomic E-state index is 12.4. The molecule has 0 saturated heterocycles. The van der Waals surface area contributed by atoms with E-state index >= 15 is 0 Å². The number of phenols is 1. The molecule has 31 heavy (non-hydrogen) atoms. The third kappa shape index (κ3) is 7.02. The zero-order valence-corrected chi connectivity index (χ0v) is 19.0. The standard InChI is InChI=1S/C25H32O6/c1-17-21(9-8-10-22(17)31-16-26)29-13-6-7-14-30-23-12-11-19(24(28)18(23)2)20(27)15-25(3,4)5/h8-12,16,28H,6-7,13-15H2,1-5H3. The summed E-state index contributed by atoms with van der Waals surface area (Å²) < 4.78 is 16.5. The zero-order valence-electron chi connectivity index (χ0n) is 19.0. The Balaban J connectivity index is 1.83. The average molecular weight is 429 g/mol. The van der Waals surface area contributed by atoms with Gasteiger partial charge in [-0.2, -0.15) is 0 Å². The van der Waals surface area contributed by atoms with Gasteiger partial charge in [-0.25, -0.2) is 0 Å². The molecule has 0 amide bonds. The lowest BCUT2D eigenvalue weighted by Crippen LogP contribution is -2.13. The van der Waals surface area contributed by atoms with Gasteiger partial charge in [-0.05, 0) is 56.4 Å². The summed E-state index contributed by atoms with van der Waals surface area (Å²) in [5.74, 6) is 1.64. The van der Waals surface area contributed by atoms with E-state index in [1.54, 1.807) is 31.2 Å². The summed E-state index contributed by atoms with van der Waals surface area (Å²) in [5.41, 5.74) is 1.54. The Hall–Kier alpha value is -3.02. The summed E-state index contributed by atoms with van der Waals surface area (Å²) in [6.45, 7) is 10.9. The van der Waals surface area contributed by atoms with Crippen molar-refractivity contribution in [3.05, 3.63) is 47.0 Å². The highest BCUT2D eigenvalue weighted by Crippen LogP contribution is 2.33. The van der Waals surface area contributed by atoms with Gasteiger partial charge in [0.2, 0.25) is 0 Å². The molecule has 2 aromatic rings. The molecule has 0 aliphatic carbocycles. The predicted octanol–water partition coefficient (Wildman–Crippen LogP) is 5.40.